The zero-order chi connectivity index (χ0) is 20.6. The number of hydrogen-bond acceptors (Lipinski definition) is 3. The second kappa shape index (κ2) is 10.4. The second-order valence-electron chi connectivity index (χ2n) is 7.57. The Balaban J connectivity index is 1.49. The van der Waals surface area contributed by atoms with Gasteiger partial charge in [-0.3, -0.25) is 4.90 Å². The van der Waals surface area contributed by atoms with Gasteiger partial charge in [-0.15, -0.1) is 0 Å². The molecule has 3 N–H and O–H groups in total. The third-order valence-corrected chi connectivity index (χ3v) is 5.18. The standard InChI is InChI=1S/C23H31FN4O/c1-3-25-23(26-13-18-9-8-17(2)22(24)12-18)27-14-21(29)16-28-11-10-19-6-4-5-7-20(19)15-28/h4-9,12,21,29H,3,10-11,13-16H2,1-2H3,(H2,25,26,27). The molecule has 0 radical (unpaired) electrons. The molecule has 1 heterocycles. The number of benzene rings is 2. The fourth-order valence-electron chi connectivity index (χ4n) is 3.53. The highest BCUT2D eigenvalue weighted by molar-refractivity contribution is 5.79. The molecule has 29 heavy (non-hydrogen) atoms. The summed E-state index contributed by atoms with van der Waals surface area (Å²) in [6, 6.07) is 13.7. The van der Waals surface area contributed by atoms with Crippen LogP contribution in [0.5, 0.6) is 0 Å². The van der Waals surface area contributed by atoms with Gasteiger partial charge in [0.2, 0.25) is 0 Å². The third kappa shape index (κ3) is 6.27. The van der Waals surface area contributed by atoms with Crippen LogP contribution in [0, 0.1) is 12.7 Å². The smallest absolute Gasteiger partial charge is 0.191 e. The predicted octanol–water partition coefficient (Wildman–Crippen LogP) is 2.61. The number of aliphatic hydroxyl groups is 1. The number of halogens is 1. The SMILES string of the molecule is CCNC(=NCc1ccc(C)c(F)c1)NCC(O)CN1CCc2ccccc2C1. The number of fused-ring (bicyclic) bond motifs is 1. The summed E-state index contributed by atoms with van der Waals surface area (Å²) in [5.41, 5.74) is 4.20. The number of rotatable bonds is 7. The van der Waals surface area contributed by atoms with E-state index < -0.39 is 6.10 Å². The average molecular weight is 399 g/mol. The van der Waals surface area contributed by atoms with Gasteiger partial charge < -0.3 is 15.7 Å². The van der Waals surface area contributed by atoms with Crippen LogP contribution in [-0.4, -0.2) is 48.2 Å². The van der Waals surface area contributed by atoms with Crippen molar-refractivity contribution in [1.82, 2.24) is 15.5 Å². The number of aryl methyl sites for hydroxylation is 1. The molecular formula is C23H31FN4O. The number of hydrogen-bond donors (Lipinski definition) is 3. The Bertz CT molecular complexity index is 839. The van der Waals surface area contributed by atoms with Crippen LogP contribution in [0.2, 0.25) is 0 Å². The van der Waals surface area contributed by atoms with E-state index in [1.54, 1.807) is 13.0 Å². The summed E-state index contributed by atoms with van der Waals surface area (Å²) < 4.78 is 13.7. The summed E-state index contributed by atoms with van der Waals surface area (Å²) in [4.78, 5) is 6.79. The molecule has 5 nitrogen and oxygen atoms in total. The molecule has 0 amide bonds. The van der Waals surface area contributed by atoms with Crippen molar-refractivity contribution in [3.05, 3.63) is 70.5 Å². The molecule has 0 aliphatic carbocycles. The lowest BCUT2D eigenvalue weighted by Crippen LogP contribution is -2.45. The molecule has 0 saturated heterocycles. The van der Waals surface area contributed by atoms with Gasteiger partial charge in [0, 0.05) is 32.7 Å². The molecule has 156 valence electrons. The van der Waals surface area contributed by atoms with Gasteiger partial charge in [-0.2, -0.15) is 0 Å². The van der Waals surface area contributed by atoms with E-state index in [1.165, 1.54) is 17.2 Å². The summed E-state index contributed by atoms with van der Waals surface area (Å²) in [6.07, 6.45) is 0.522. The van der Waals surface area contributed by atoms with Gasteiger partial charge in [-0.25, -0.2) is 9.38 Å². The van der Waals surface area contributed by atoms with E-state index in [4.69, 9.17) is 0 Å². The van der Waals surface area contributed by atoms with Crippen molar-refractivity contribution in [2.45, 2.75) is 39.5 Å². The van der Waals surface area contributed by atoms with Crippen LogP contribution in [0.15, 0.2) is 47.5 Å². The minimum absolute atomic E-state index is 0.214. The lowest BCUT2D eigenvalue weighted by molar-refractivity contribution is 0.108. The Hall–Kier alpha value is -2.44. The van der Waals surface area contributed by atoms with Crippen LogP contribution in [0.25, 0.3) is 0 Å². The van der Waals surface area contributed by atoms with Gasteiger partial charge in [-0.1, -0.05) is 36.4 Å². The van der Waals surface area contributed by atoms with Crippen LogP contribution in [0.3, 0.4) is 0 Å². The van der Waals surface area contributed by atoms with E-state index in [2.05, 4.69) is 44.8 Å². The minimum Gasteiger partial charge on any atom is -0.390 e. The number of aliphatic hydroxyl groups excluding tert-OH is 1. The van der Waals surface area contributed by atoms with Gasteiger partial charge in [0.1, 0.15) is 5.82 Å². The number of aliphatic imine (C=N–C) groups is 1. The number of nitrogens with zero attached hydrogens (tertiary/aromatic N) is 2. The average Bonchev–Trinajstić information content (AvgIpc) is 2.72. The Morgan fingerprint density at radius 3 is 2.76 bits per heavy atom. The van der Waals surface area contributed by atoms with E-state index in [-0.39, 0.29) is 5.82 Å². The summed E-state index contributed by atoms with van der Waals surface area (Å²) in [5, 5.41) is 16.8. The molecule has 1 aliphatic heterocycles. The first-order valence-corrected chi connectivity index (χ1v) is 10.3. The highest BCUT2D eigenvalue weighted by Gasteiger charge is 2.18. The molecule has 2 aromatic carbocycles. The lowest BCUT2D eigenvalue weighted by Gasteiger charge is -2.30. The highest BCUT2D eigenvalue weighted by Crippen LogP contribution is 2.18. The van der Waals surface area contributed by atoms with E-state index in [0.29, 0.717) is 37.7 Å². The van der Waals surface area contributed by atoms with Gasteiger partial charge in [0.15, 0.2) is 5.96 Å². The van der Waals surface area contributed by atoms with Gasteiger partial charge >= 0.3 is 0 Å². The molecule has 0 bridgehead atoms. The maximum absolute atomic E-state index is 13.7. The fraction of sp³-hybridized carbons (Fsp3) is 0.435. The summed E-state index contributed by atoms with van der Waals surface area (Å²) in [7, 11) is 0. The van der Waals surface area contributed by atoms with E-state index in [9.17, 15) is 9.50 Å². The zero-order valence-corrected chi connectivity index (χ0v) is 17.3. The summed E-state index contributed by atoms with van der Waals surface area (Å²) in [6.45, 7) is 7.69. The van der Waals surface area contributed by atoms with Gasteiger partial charge in [0.25, 0.3) is 0 Å². The summed E-state index contributed by atoms with van der Waals surface area (Å²) in [5.74, 6) is 0.408. The van der Waals surface area contributed by atoms with Gasteiger partial charge in [0.05, 0.1) is 12.6 Å². The first kappa shape index (κ1) is 21.3. The molecule has 2 aromatic rings. The van der Waals surface area contributed by atoms with E-state index in [0.717, 1.165) is 25.1 Å². The zero-order valence-electron chi connectivity index (χ0n) is 17.3. The molecule has 1 unspecified atom stereocenters. The molecule has 0 fully saturated rings. The Labute approximate surface area is 172 Å². The van der Waals surface area contributed by atoms with Crippen LogP contribution in [-0.2, 0) is 19.5 Å². The van der Waals surface area contributed by atoms with Crippen molar-refractivity contribution in [3.63, 3.8) is 0 Å². The van der Waals surface area contributed by atoms with Crippen molar-refractivity contribution in [1.29, 1.82) is 0 Å². The number of nitrogens with one attached hydrogen (secondary N) is 2. The second-order valence-corrected chi connectivity index (χ2v) is 7.57. The monoisotopic (exact) mass is 398 g/mol. The molecule has 1 atom stereocenters. The number of β-amino-alcohol motifs (C(OH)–C–C–N with tert-alkyl or cyclic N) is 1. The maximum atomic E-state index is 13.7. The van der Waals surface area contributed by atoms with Crippen LogP contribution >= 0.6 is 0 Å². The first-order valence-electron chi connectivity index (χ1n) is 10.3. The maximum Gasteiger partial charge on any atom is 0.191 e. The molecule has 0 spiro atoms. The molecule has 0 aromatic heterocycles. The van der Waals surface area contributed by atoms with Crippen molar-refractivity contribution >= 4 is 5.96 Å². The Kier molecular flexibility index (Phi) is 7.61. The third-order valence-electron chi connectivity index (χ3n) is 5.18. The van der Waals surface area contributed by atoms with Crippen molar-refractivity contribution in [3.8, 4) is 0 Å². The molecule has 6 heteroatoms. The Morgan fingerprint density at radius 1 is 1.21 bits per heavy atom. The number of guanidine groups is 1. The van der Waals surface area contributed by atoms with Gasteiger partial charge in [-0.05, 0) is 48.6 Å². The first-order chi connectivity index (χ1) is 14.0. The molecule has 3 rings (SSSR count). The van der Waals surface area contributed by atoms with E-state index in [1.807, 2.05) is 13.0 Å². The molecular weight excluding hydrogens is 367 g/mol. The summed E-state index contributed by atoms with van der Waals surface area (Å²) >= 11 is 0. The molecule has 0 saturated carbocycles. The van der Waals surface area contributed by atoms with Crippen LogP contribution < -0.4 is 10.6 Å². The predicted molar refractivity (Wildman–Crippen MR) is 115 cm³/mol. The van der Waals surface area contributed by atoms with Crippen molar-refractivity contribution in [2.24, 2.45) is 4.99 Å². The topological polar surface area (TPSA) is 59.9 Å². The molecule has 1 aliphatic rings. The lowest BCUT2D eigenvalue weighted by atomic mass is 10.00. The van der Waals surface area contributed by atoms with Crippen molar-refractivity contribution in [2.75, 3.05) is 26.2 Å². The van der Waals surface area contributed by atoms with Crippen LogP contribution in [0.4, 0.5) is 4.39 Å². The van der Waals surface area contributed by atoms with Crippen LogP contribution in [0.1, 0.15) is 29.2 Å². The Morgan fingerprint density at radius 2 is 2.00 bits per heavy atom. The fourth-order valence-corrected chi connectivity index (χ4v) is 3.53. The normalized spacial score (nSPS) is 15.7. The largest absolute Gasteiger partial charge is 0.390 e. The highest BCUT2D eigenvalue weighted by atomic mass is 19.1. The van der Waals surface area contributed by atoms with Crippen molar-refractivity contribution < 1.29 is 9.50 Å². The quantitative estimate of drug-likeness (QED) is 0.496. The van der Waals surface area contributed by atoms with E-state index >= 15 is 0 Å². The minimum atomic E-state index is -0.499.